The van der Waals surface area contributed by atoms with E-state index >= 15 is 0 Å². The monoisotopic (exact) mass is 505 g/mol. The first kappa shape index (κ1) is 24.6. The molecule has 0 aliphatic rings. The third kappa shape index (κ3) is 5.08. The van der Waals surface area contributed by atoms with E-state index in [4.69, 9.17) is 4.74 Å². The molecule has 0 aliphatic carbocycles. The molecule has 0 aliphatic heterocycles. The number of hydrogen-bond acceptors (Lipinski definition) is 7. The molecule has 3 heterocycles. The summed E-state index contributed by atoms with van der Waals surface area (Å²) in [4.78, 5) is 30.3. The molecule has 0 bridgehead atoms. The molecule has 0 saturated carbocycles. The van der Waals surface area contributed by atoms with Crippen LogP contribution in [0.3, 0.4) is 0 Å². The number of anilines is 2. The smallest absolute Gasteiger partial charge is 0.255 e. The summed E-state index contributed by atoms with van der Waals surface area (Å²) in [5.41, 5.74) is 5.85. The van der Waals surface area contributed by atoms with Crippen molar-refractivity contribution in [2.45, 2.75) is 20.8 Å². The Morgan fingerprint density at radius 1 is 0.895 bits per heavy atom. The van der Waals surface area contributed by atoms with Gasteiger partial charge in [0.25, 0.3) is 5.91 Å². The first-order chi connectivity index (χ1) is 18.4. The number of amides is 1. The maximum atomic E-state index is 13.2. The van der Waals surface area contributed by atoms with Crippen LogP contribution in [0.2, 0.25) is 0 Å². The quantitative estimate of drug-likeness (QED) is 0.291. The molecule has 38 heavy (non-hydrogen) atoms. The number of hydrogen-bond donors (Lipinski definition) is 2. The van der Waals surface area contributed by atoms with Crippen LogP contribution in [0.4, 0.5) is 11.6 Å². The Labute approximate surface area is 220 Å². The second-order valence-electron chi connectivity index (χ2n) is 8.78. The van der Waals surface area contributed by atoms with Crippen LogP contribution in [0.25, 0.3) is 17.1 Å². The van der Waals surface area contributed by atoms with Crippen LogP contribution in [-0.2, 0) is 0 Å². The highest BCUT2D eigenvalue weighted by atomic mass is 16.5. The predicted octanol–water partition coefficient (Wildman–Crippen LogP) is 5.74. The van der Waals surface area contributed by atoms with Crippen LogP contribution in [0.5, 0.6) is 11.6 Å². The van der Waals surface area contributed by atoms with Gasteiger partial charge in [-0.3, -0.25) is 4.79 Å². The number of carbonyl (C=O) groups excluding carboxylic acids is 1. The Morgan fingerprint density at radius 3 is 2.50 bits per heavy atom. The van der Waals surface area contributed by atoms with Crippen molar-refractivity contribution in [3.8, 4) is 28.7 Å². The highest BCUT2D eigenvalue weighted by molar-refractivity contribution is 6.04. The second kappa shape index (κ2) is 10.5. The van der Waals surface area contributed by atoms with E-state index in [-0.39, 0.29) is 5.91 Å². The molecule has 5 aromatic rings. The molecule has 9 nitrogen and oxygen atoms in total. The molecular weight excluding hydrogens is 478 g/mol. The molecule has 2 N–H and O–H groups in total. The SMILES string of the molecule is CNc1ncnc(-c2cccnc2Oc2cc(C(=O)Nc3cccc(-n4c(C)ccc4C)c3)ccc2C)n1. The highest BCUT2D eigenvalue weighted by Gasteiger charge is 2.16. The topological polar surface area (TPSA) is 107 Å². The average Bonchev–Trinajstić information content (AvgIpc) is 3.27. The van der Waals surface area contributed by atoms with Crippen molar-refractivity contribution in [1.29, 1.82) is 0 Å². The number of aromatic nitrogens is 5. The van der Waals surface area contributed by atoms with Crippen LogP contribution in [-0.4, -0.2) is 37.5 Å². The fraction of sp³-hybridized carbons (Fsp3) is 0.138. The van der Waals surface area contributed by atoms with Crippen molar-refractivity contribution in [2.24, 2.45) is 0 Å². The van der Waals surface area contributed by atoms with Gasteiger partial charge in [0.05, 0.1) is 5.56 Å². The zero-order valence-corrected chi connectivity index (χ0v) is 21.6. The van der Waals surface area contributed by atoms with Gasteiger partial charge in [-0.25, -0.2) is 15.0 Å². The van der Waals surface area contributed by atoms with E-state index in [1.54, 1.807) is 31.4 Å². The molecule has 0 fully saturated rings. The molecule has 1 amide bonds. The number of carbonyl (C=O) groups is 1. The molecule has 3 aromatic heterocycles. The minimum absolute atomic E-state index is 0.245. The van der Waals surface area contributed by atoms with Crippen LogP contribution < -0.4 is 15.4 Å². The van der Waals surface area contributed by atoms with E-state index in [1.807, 2.05) is 43.3 Å². The van der Waals surface area contributed by atoms with E-state index in [1.165, 1.54) is 6.33 Å². The summed E-state index contributed by atoms with van der Waals surface area (Å²) in [5, 5.41) is 5.91. The van der Waals surface area contributed by atoms with E-state index in [9.17, 15) is 4.79 Å². The lowest BCUT2D eigenvalue weighted by atomic mass is 10.1. The number of ether oxygens (including phenoxy) is 1. The van der Waals surface area contributed by atoms with Crippen molar-refractivity contribution >= 4 is 17.5 Å². The van der Waals surface area contributed by atoms with Crippen molar-refractivity contribution in [3.05, 3.63) is 102 Å². The van der Waals surface area contributed by atoms with E-state index in [2.05, 4.69) is 61.1 Å². The third-order valence-corrected chi connectivity index (χ3v) is 6.10. The van der Waals surface area contributed by atoms with E-state index in [0.29, 0.717) is 40.2 Å². The molecule has 9 heteroatoms. The number of aryl methyl sites for hydroxylation is 3. The lowest BCUT2D eigenvalue weighted by molar-refractivity contribution is 0.102. The number of benzene rings is 2. The van der Waals surface area contributed by atoms with Gasteiger partial charge in [-0.2, -0.15) is 4.98 Å². The number of rotatable bonds is 7. The van der Waals surface area contributed by atoms with Gasteiger partial charge in [-0.05, 0) is 80.9 Å². The van der Waals surface area contributed by atoms with Crippen molar-refractivity contribution in [1.82, 2.24) is 24.5 Å². The molecule has 2 aromatic carbocycles. The number of pyridine rings is 1. The summed E-state index contributed by atoms with van der Waals surface area (Å²) in [5.74, 6) is 1.45. The van der Waals surface area contributed by atoms with Crippen LogP contribution in [0, 0.1) is 20.8 Å². The fourth-order valence-electron chi connectivity index (χ4n) is 4.15. The molecule has 0 spiro atoms. The second-order valence-corrected chi connectivity index (χ2v) is 8.78. The summed E-state index contributed by atoms with van der Waals surface area (Å²) in [7, 11) is 1.73. The maximum Gasteiger partial charge on any atom is 0.255 e. The Balaban J connectivity index is 1.40. The zero-order chi connectivity index (χ0) is 26.6. The molecule has 0 atom stereocenters. The van der Waals surface area contributed by atoms with Crippen molar-refractivity contribution < 1.29 is 9.53 Å². The van der Waals surface area contributed by atoms with Gasteiger partial charge in [-0.1, -0.05) is 12.1 Å². The van der Waals surface area contributed by atoms with Gasteiger partial charge in [0.2, 0.25) is 11.8 Å². The summed E-state index contributed by atoms with van der Waals surface area (Å²) in [6, 6.07) is 20.8. The van der Waals surface area contributed by atoms with Crippen LogP contribution in [0.1, 0.15) is 27.3 Å². The van der Waals surface area contributed by atoms with Gasteiger partial charge >= 0.3 is 0 Å². The van der Waals surface area contributed by atoms with E-state index in [0.717, 1.165) is 22.6 Å². The summed E-state index contributed by atoms with van der Waals surface area (Å²) < 4.78 is 8.33. The highest BCUT2D eigenvalue weighted by Crippen LogP contribution is 2.32. The van der Waals surface area contributed by atoms with E-state index < -0.39 is 0 Å². The minimum Gasteiger partial charge on any atom is -0.438 e. The summed E-state index contributed by atoms with van der Waals surface area (Å²) in [6.45, 7) is 6.02. The zero-order valence-electron chi connectivity index (χ0n) is 21.6. The first-order valence-corrected chi connectivity index (χ1v) is 12.1. The minimum atomic E-state index is -0.245. The largest absolute Gasteiger partial charge is 0.438 e. The predicted molar refractivity (Wildman–Crippen MR) is 147 cm³/mol. The van der Waals surface area contributed by atoms with Crippen LogP contribution >= 0.6 is 0 Å². The third-order valence-electron chi connectivity index (χ3n) is 6.10. The van der Waals surface area contributed by atoms with Crippen molar-refractivity contribution in [3.63, 3.8) is 0 Å². The molecular formula is C29H27N7O2. The lowest BCUT2D eigenvalue weighted by Gasteiger charge is -2.14. The molecule has 0 radical (unpaired) electrons. The Bertz CT molecular complexity index is 1610. The summed E-state index contributed by atoms with van der Waals surface area (Å²) in [6.07, 6.45) is 3.06. The molecule has 190 valence electrons. The number of nitrogens with zero attached hydrogens (tertiary/aromatic N) is 5. The lowest BCUT2D eigenvalue weighted by Crippen LogP contribution is -2.12. The molecule has 5 rings (SSSR count). The average molecular weight is 506 g/mol. The first-order valence-electron chi connectivity index (χ1n) is 12.1. The maximum absolute atomic E-state index is 13.2. The van der Waals surface area contributed by atoms with Crippen LogP contribution in [0.15, 0.2) is 79.3 Å². The summed E-state index contributed by atoms with van der Waals surface area (Å²) >= 11 is 0. The normalized spacial score (nSPS) is 10.7. The van der Waals surface area contributed by atoms with Crippen molar-refractivity contribution in [2.75, 3.05) is 17.7 Å². The van der Waals surface area contributed by atoms with Gasteiger partial charge in [0.15, 0.2) is 5.82 Å². The number of nitrogens with one attached hydrogen (secondary N) is 2. The molecule has 0 saturated heterocycles. The Hall–Kier alpha value is -5.05. The fourth-order valence-corrected chi connectivity index (χ4v) is 4.15. The Morgan fingerprint density at radius 2 is 1.71 bits per heavy atom. The van der Waals surface area contributed by atoms with Gasteiger partial charge in [-0.15, -0.1) is 0 Å². The standard InChI is InChI=1S/C29H27N7O2/c1-18-10-13-21(27(37)34-22-7-5-8-23(16-22)36-19(2)11-12-20(36)3)15-25(18)38-28-24(9-6-14-31-28)26-32-17-33-29(30-4)35-26/h5-17H,1-4H3,(H,34,37)(H,30,32,33,35). The Kier molecular flexibility index (Phi) is 6.82. The van der Waals surface area contributed by atoms with Gasteiger partial charge in [0.1, 0.15) is 12.1 Å². The van der Waals surface area contributed by atoms with Gasteiger partial charge < -0.3 is 19.9 Å². The molecule has 0 unspecified atom stereocenters. The van der Waals surface area contributed by atoms with Gasteiger partial charge in [0, 0.05) is 41.6 Å².